The second kappa shape index (κ2) is 10.5. The average Bonchev–Trinajstić information content (AvgIpc) is 3.56. The SMILES string of the molecule is CN(C1CCCCC1)S(=O)(=O)c1ccc(C(=O)N(Cc2ccco2)c2nc3ccc(Br)cc3s2)cc1. The second-order valence-corrected chi connectivity index (χ2v) is 12.8. The minimum atomic E-state index is -3.64. The van der Waals surface area contributed by atoms with Crippen LogP contribution in [0.2, 0.25) is 0 Å². The summed E-state index contributed by atoms with van der Waals surface area (Å²) in [6.07, 6.45) is 6.58. The summed E-state index contributed by atoms with van der Waals surface area (Å²) in [5.41, 5.74) is 1.17. The van der Waals surface area contributed by atoms with E-state index in [4.69, 9.17) is 4.42 Å². The Morgan fingerprint density at radius 2 is 1.86 bits per heavy atom. The molecule has 1 amide bonds. The third-order valence-electron chi connectivity index (χ3n) is 6.58. The van der Waals surface area contributed by atoms with Crippen LogP contribution in [-0.2, 0) is 16.6 Å². The van der Waals surface area contributed by atoms with E-state index in [9.17, 15) is 13.2 Å². The van der Waals surface area contributed by atoms with Gasteiger partial charge in [-0.05, 0) is 67.4 Å². The normalized spacial score (nSPS) is 15.0. The third-order valence-corrected chi connectivity index (χ3v) is 10.0. The molecular weight excluding hydrogens is 562 g/mol. The highest BCUT2D eigenvalue weighted by Gasteiger charge is 2.30. The molecular formula is C26H26BrN3O4S2. The van der Waals surface area contributed by atoms with Crippen molar-refractivity contribution >= 4 is 58.5 Å². The maximum absolute atomic E-state index is 13.6. The first-order valence-electron chi connectivity index (χ1n) is 11.8. The van der Waals surface area contributed by atoms with E-state index in [-0.39, 0.29) is 23.4 Å². The summed E-state index contributed by atoms with van der Waals surface area (Å²) in [6, 6.07) is 15.6. The summed E-state index contributed by atoms with van der Waals surface area (Å²) >= 11 is 4.89. The number of carbonyl (C=O) groups excluding carboxylic acids is 1. The van der Waals surface area contributed by atoms with Crippen LogP contribution in [0.4, 0.5) is 5.13 Å². The first-order valence-corrected chi connectivity index (χ1v) is 14.9. The molecule has 2 aromatic heterocycles. The molecule has 5 rings (SSSR count). The maximum atomic E-state index is 13.6. The van der Waals surface area contributed by atoms with Gasteiger partial charge in [-0.25, -0.2) is 13.4 Å². The quantitative estimate of drug-likeness (QED) is 0.248. The van der Waals surface area contributed by atoms with E-state index in [1.54, 1.807) is 42.5 Å². The van der Waals surface area contributed by atoms with Crippen molar-refractivity contribution in [1.29, 1.82) is 0 Å². The zero-order chi connectivity index (χ0) is 25.3. The lowest BCUT2D eigenvalue weighted by Gasteiger charge is -2.30. The molecule has 1 aliphatic carbocycles. The first-order chi connectivity index (χ1) is 17.3. The molecule has 2 heterocycles. The molecule has 2 aromatic carbocycles. The smallest absolute Gasteiger partial charge is 0.260 e. The lowest BCUT2D eigenvalue weighted by molar-refractivity contribution is 0.0983. The van der Waals surface area contributed by atoms with Crippen LogP contribution >= 0.6 is 27.3 Å². The van der Waals surface area contributed by atoms with Gasteiger partial charge in [0.05, 0.1) is 27.9 Å². The summed E-state index contributed by atoms with van der Waals surface area (Å²) in [7, 11) is -1.98. The van der Waals surface area contributed by atoms with Crippen LogP contribution in [0.15, 0.2) is 74.6 Å². The largest absolute Gasteiger partial charge is 0.467 e. The van der Waals surface area contributed by atoms with Gasteiger partial charge in [-0.3, -0.25) is 9.69 Å². The average molecular weight is 589 g/mol. The van der Waals surface area contributed by atoms with Crippen molar-refractivity contribution in [2.75, 3.05) is 11.9 Å². The first kappa shape index (κ1) is 25.1. The van der Waals surface area contributed by atoms with E-state index in [1.165, 1.54) is 27.8 Å². The van der Waals surface area contributed by atoms with Gasteiger partial charge in [0.15, 0.2) is 5.13 Å². The van der Waals surface area contributed by atoms with Crippen LogP contribution < -0.4 is 4.90 Å². The highest BCUT2D eigenvalue weighted by atomic mass is 79.9. The molecule has 0 radical (unpaired) electrons. The Bertz CT molecular complexity index is 1460. The maximum Gasteiger partial charge on any atom is 0.260 e. The van der Waals surface area contributed by atoms with E-state index < -0.39 is 10.0 Å². The van der Waals surface area contributed by atoms with E-state index >= 15 is 0 Å². The van der Waals surface area contributed by atoms with Crippen LogP contribution in [0.3, 0.4) is 0 Å². The molecule has 7 nitrogen and oxygen atoms in total. The predicted molar refractivity (Wildman–Crippen MR) is 145 cm³/mol. The molecule has 0 atom stereocenters. The van der Waals surface area contributed by atoms with Crippen molar-refractivity contribution < 1.29 is 17.6 Å². The zero-order valence-corrected chi connectivity index (χ0v) is 23.0. The number of furan rings is 1. The van der Waals surface area contributed by atoms with Gasteiger partial charge in [-0.1, -0.05) is 46.5 Å². The fraction of sp³-hybridized carbons (Fsp3) is 0.308. The summed E-state index contributed by atoms with van der Waals surface area (Å²) in [5, 5.41) is 0.540. The molecule has 0 aliphatic heterocycles. The number of nitrogens with zero attached hydrogens (tertiary/aromatic N) is 3. The predicted octanol–water partition coefficient (Wildman–Crippen LogP) is 6.45. The molecule has 4 aromatic rings. The number of thiazole rings is 1. The number of benzene rings is 2. The molecule has 188 valence electrons. The van der Waals surface area contributed by atoms with Crippen LogP contribution in [0.1, 0.15) is 48.2 Å². The number of aromatic nitrogens is 1. The minimum Gasteiger partial charge on any atom is -0.467 e. The molecule has 0 spiro atoms. The van der Waals surface area contributed by atoms with E-state index in [2.05, 4.69) is 20.9 Å². The number of hydrogen-bond donors (Lipinski definition) is 0. The van der Waals surface area contributed by atoms with Gasteiger partial charge in [0.25, 0.3) is 5.91 Å². The van der Waals surface area contributed by atoms with Crippen molar-refractivity contribution in [2.45, 2.75) is 49.6 Å². The van der Waals surface area contributed by atoms with Crippen LogP contribution in [0.5, 0.6) is 0 Å². The second-order valence-electron chi connectivity index (χ2n) is 8.92. The topological polar surface area (TPSA) is 83.7 Å². The standard InChI is InChI=1S/C26H26BrN3O4S2/c1-29(20-6-3-2-4-7-20)36(32,33)22-12-9-18(10-13-22)25(31)30(17-21-8-5-15-34-21)26-28-23-14-11-19(27)16-24(23)35-26/h5,8-16,20H,2-4,6-7,17H2,1H3. The van der Waals surface area contributed by atoms with Gasteiger partial charge in [-0.2, -0.15) is 4.31 Å². The molecule has 0 N–H and O–H groups in total. The van der Waals surface area contributed by atoms with Crippen molar-refractivity contribution in [2.24, 2.45) is 0 Å². The van der Waals surface area contributed by atoms with E-state index in [0.717, 1.165) is 46.8 Å². The Morgan fingerprint density at radius 3 is 2.56 bits per heavy atom. The lowest BCUT2D eigenvalue weighted by Crippen LogP contribution is -2.38. The third kappa shape index (κ3) is 5.13. The molecule has 0 saturated heterocycles. The Labute approximate surface area is 222 Å². The van der Waals surface area contributed by atoms with E-state index in [0.29, 0.717) is 16.5 Å². The summed E-state index contributed by atoms with van der Waals surface area (Å²) < 4.78 is 35.3. The summed E-state index contributed by atoms with van der Waals surface area (Å²) in [5.74, 6) is 0.339. The molecule has 36 heavy (non-hydrogen) atoms. The Balaban J connectivity index is 1.43. The number of fused-ring (bicyclic) bond motifs is 1. The van der Waals surface area contributed by atoms with Crippen molar-refractivity contribution in [3.63, 3.8) is 0 Å². The number of carbonyl (C=O) groups is 1. The minimum absolute atomic E-state index is 0.0212. The fourth-order valence-electron chi connectivity index (χ4n) is 4.52. The Kier molecular flexibility index (Phi) is 7.30. The highest BCUT2D eigenvalue weighted by molar-refractivity contribution is 9.10. The van der Waals surface area contributed by atoms with Gasteiger partial charge in [0.2, 0.25) is 10.0 Å². The Morgan fingerprint density at radius 1 is 1.11 bits per heavy atom. The molecule has 0 bridgehead atoms. The van der Waals surface area contributed by atoms with E-state index in [1.807, 2.05) is 18.2 Å². The fourth-order valence-corrected chi connectivity index (χ4v) is 7.45. The zero-order valence-electron chi connectivity index (χ0n) is 19.8. The molecule has 10 heteroatoms. The highest BCUT2D eigenvalue weighted by Crippen LogP contribution is 2.33. The number of sulfonamides is 1. The van der Waals surface area contributed by atoms with Crippen LogP contribution in [-0.4, -0.2) is 36.7 Å². The van der Waals surface area contributed by atoms with Gasteiger partial charge >= 0.3 is 0 Å². The Hall–Kier alpha value is -2.53. The number of hydrogen-bond acceptors (Lipinski definition) is 6. The van der Waals surface area contributed by atoms with Gasteiger partial charge in [-0.15, -0.1) is 0 Å². The molecule has 0 unspecified atom stereocenters. The monoisotopic (exact) mass is 587 g/mol. The molecule has 1 aliphatic rings. The molecule has 1 saturated carbocycles. The van der Waals surface area contributed by atoms with Gasteiger partial charge in [0, 0.05) is 23.1 Å². The molecule has 1 fully saturated rings. The lowest BCUT2D eigenvalue weighted by atomic mass is 9.96. The van der Waals surface area contributed by atoms with Crippen LogP contribution in [0, 0.1) is 0 Å². The van der Waals surface area contributed by atoms with Gasteiger partial charge < -0.3 is 4.42 Å². The van der Waals surface area contributed by atoms with Crippen molar-refractivity contribution in [3.05, 3.63) is 76.7 Å². The number of rotatable bonds is 7. The number of anilines is 1. The summed E-state index contributed by atoms with van der Waals surface area (Å²) in [6.45, 7) is 0.206. The van der Waals surface area contributed by atoms with Crippen molar-refractivity contribution in [1.82, 2.24) is 9.29 Å². The van der Waals surface area contributed by atoms with Gasteiger partial charge in [0.1, 0.15) is 5.76 Å². The van der Waals surface area contributed by atoms with Crippen molar-refractivity contribution in [3.8, 4) is 0 Å². The number of halogens is 1. The number of amides is 1. The van der Waals surface area contributed by atoms with Crippen LogP contribution in [0.25, 0.3) is 10.2 Å². The summed E-state index contributed by atoms with van der Waals surface area (Å²) in [4.78, 5) is 20.1.